The Morgan fingerprint density at radius 3 is 2.29 bits per heavy atom. The lowest BCUT2D eigenvalue weighted by Crippen LogP contribution is -2.40. The molecule has 2 heterocycles. The van der Waals surface area contributed by atoms with Crippen molar-refractivity contribution in [3.63, 3.8) is 0 Å². The first-order valence-electron chi connectivity index (χ1n) is 9.65. The molecule has 0 atom stereocenters. The molecule has 0 saturated carbocycles. The number of carbonyl (C=O) groups is 3. The van der Waals surface area contributed by atoms with Crippen molar-refractivity contribution in [3.05, 3.63) is 65.4 Å². The van der Waals surface area contributed by atoms with Crippen molar-refractivity contribution in [1.29, 1.82) is 0 Å². The molecule has 4 rings (SSSR count). The summed E-state index contributed by atoms with van der Waals surface area (Å²) in [5, 5.41) is 2.64. The molecule has 2 aromatic carbocycles. The molecule has 0 unspecified atom stereocenters. The molecule has 31 heavy (non-hydrogen) atoms. The van der Waals surface area contributed by atoms with E-state index in [0.29, 0.717) is 43.6 Å². The molecule has 0 spiro atoms. The Hall–Kier alpha value is -3.59. The van der Waals surface area contributed by atoms with Gasteiger partial charge in [-0.2, -0.15) is 0 Å². The van der Waals surface area contributed by atoms with Gasteiger partial charge in [-0.25, -0.2) is 13.7 Å². The van der Waals surface area contributed by atoms with Crippen LogP contribution >= 0.6 is 0 Å². The number of morpholine rings is 1. The van der Waals surface area contributed by atoms with Crippen molar-refractivity contribution < 1.29 is 27.9 Å². The maximum atomic E-state index is 14.4. The predicted molar refractivity (Wildman–Crippen MR) is 109 cm³/mol. The molecule has 2 aliphatic heterocycles. The number of hydrogen-bond donors (Lipinski definition) is 1. The quantitative estimate of drug-likeness (QED) is 0.759. The Bertz CT molecular complexity index is 1090. The largest absolute Gasteiger partial charge is 0.378 e. The van der Waals surface area contributed by atoms with E-state index in [4.69, 9.17) is 4.74 Å². The van der Waals surface area contributed by atoms with E-state index >= 15 is 0 Å². The molecule has 0 aliphatic carbocycles. The molecule has 2 aliphatic rings. The fourth-order valence-electron chi connectivity index (χ4n) is 3.66. The number of ether oxygens (including phenoxy) is 1. The molecule has 160 valence electrons. The van der Waals surface area contributed by atoms with Crippen LogP contribution in [0, 0.1) is 11.6 Å². The lowest BCUT2D eigenvalue weighted by molar-refractivity contribution is -0.121. The first-order chi connectivity index (χ1) is 14.9. The number of benzene rings is 2. The van der Waals surface area contributed by atoms with Gasteiger partial charge in [-0.05, 0) is 29.8 Å². The van der Waals surface area contributed by atoms with Crippen LogP contribution in [-0.2, 0) is 19.1 Å². The van der Waals surface area contributed by atoms with Gasteiger partial charge in [-0.1, -0.05) is 12.1 Å². The fourth-order valence-corrected chi connectivity index (χ4v) is 3.66. The molecule has 1 fully saturated rings. The minimum absolute atomic E-state index is 0.116. The number of imide groups is 1. The third kappa shape index (κ3) is 3.91. The molecular weight excluding hydrogens is 408 g/mol. The third-order valence-corrected chi connectivity index (χ3v) is 5.03. The van der Waals surface area contributed by atoms with Crippen LogP contribution in [0.2, 0.25) is 0 Å². The number of anilines is 2. The average Bonchev–Trinajstić information content (AvgIpc) is 2.99. The topological polar surface area (TPSA) is 79.0 Å². The monoisotopic (exact) mass is 427 g/mol. The second kappa shape index (κ2) is 8.27. The molecule has 3 amide bonds. The van der Waals surface area contributed by atoms with E-state index in [9.17, 15) is 23.2 Å². The zero-order valence-electron chi connectivity index (χ0n) is 16.7. The van der Waals surface area contributed by atoms with E-state index < -0.39 is 23.4 Å². The van der Waals surface area contributed by atoms with Crippen LogP contribution in [0.25, 0.3) is 5.57 Å². The molecule has 1 N–H and O–H groups in total. The number of amides is 3. The molecule has 9 heteroatoms. The Morgan fingerprint density at radius 2 is 1.68 bits per heavy atom. The average molecular weight is 427 g/mol. The summed E-state index contributed by atoms with van der Waals surface area (Å²) in [6.45, 7) is 2.92. The van der Waals surface area contributed by atoms with E-state index in [1.54, 1.807) is 29.2 Å². The van der Waals surface area contributed by atoms with Gasteiger partial charge in [0.25, 0.3) is 11.8 Å². The zero-order valence-corrected chi connectivity index (χ0v) is 16.7. The van der Waals surface area contributed by atoms with Crippen LogP contribution in [0.15, 0.2) is 48.2 Å². The van der Waals surface area contributed by atoms with E-state index in [1.165, 1.54) is 6.92 Å². The number of hydrogen-bond acceptors (Lipinski definition) is 5. The van der Waals surface area contributed by atoms with E-state index in [-0.39, 0.29) is 22.9 Å². The molecule has 1 saturated heterocycles. The highest BCUT2D eigenvalue weighted by Gasteiger charge is 2.43. The third-order valence-electron chi connectivity index (χ3n) is 5.03. The second-order valence-electron chi connectivity index (χ2n) is 7.12. The predicted octanol–water partition coefficient (Wildman–Crippen LogP) is 2.54. The number of nitrogens with one attached hydrogen (secondary N) is 1. The fraction of sp³-hybridized carbons (Fsp3) is 0.227. The van der Waals surface area contributed by atoms with Gasteiger partial charge in [0.1, 0.15) is 17.3 Å². The van der Waals surface area contributed by atoms with Gasteiger partial charge in [0.15, 0.2) is 0 Å². The Kier molecular flexibility index (Phi) is 5.51. The zero-order chi connectivity index (χ0) is 22.1. The minimum Gasteiger partial charge on any atom is -0.378 e. The number of halogens is 2. The van der Waals surface area contributed by atoms with Gasteiger partial charge >= 0.3 is 0 Å². The Labute approximate surface area is 176 Å². The van der Waals surface area contributed by atoms with Crippen molar-refractivity contribution >= 4 is 34.7 Å². The smallest absolute Gasteiger partial charge is 0.282 e. The van der Waals surface area contributed by atoms with Crippen LogP contribution in [0.4, 0.5) is 20.2 Å². The summed E-state index contributed by atoms with van der Waals surface area (Å²) in [5.41, 5.74) is 0.920. The SMILES string of the molecule is CC(=O)Nc1ccc(C2=C(N3CCOCC3)C(=O)N(c3ccc(F)cc3F)C2=O)cc1. The van der Waals surface area contributed by atoms with E-state index in [1.807, 2.05) is 0 Å². The highest BCUT2D eigenvalue weighted by Crippen LogP contribution is 2.36. The first-order valence-corrected chi connectivity index (χ1v) is 9.65. The summed E-state index contributed by atoms with van der Waals surface area (Å²) in [6, 6.07) is 9.13. The van der Waals surface area contributed by atoms with Gasteiger partial charge < -0.3 is 15.0 Å². The Morgan fingerprint density at radius 1 is 1.00 bits per heavy atom. The maximum Gasteiger partial charge on any atom is 0.282 e. The standard InChI is InChI=1S/C22H19F2N3O4/c1-13(28)25-16-5-2-14(3-6-16)19-20(26-8-10-31-11-9-26)22(30)27(21(19)29)18-7-4-15(23)12-17(18)24/h2-7,12H,8-11H2,1H3,(H,25,28). The lowest BCUT2D eigenvalue weighted by Gasteiger charge is -2.29. The van der Waals surface area contributed by atoms with Crippen LogP contribution < -0.4 is 10.2 Å². The van der Waals surface area contributed by atoms with E-state index in [0.717, 1.165) is 17.0 Å². The summed E-state index contributed by atoms with van der Waals surface area (Å²) in [5.74, 6) is -3.45. The van der Waals surface area contributed by atoms with E-state index in [2.05, 4.69) is 5.32 Å². The lowest BCUT2D eigenvalue weighted by atomic mass is 10.0. The summed E-state index contributed by atoms with van der Waals surface area (Å²) in [4.78, 5) is 40.4. The van der Waals surface area contributed by atoms with Crippen LogP contribution in [0.5, 0.6) is 0 Å². The van der Waals surface area contributed by atoms with Crippen molar-refractivity contribution in [2.75, 3.05) is 36.5 Å². The summed E-state index contributed by atoms with van der Waals surface area (Å²) < 4.78 is 33.2. The first kappa shape index (κ1) is 20.7. The highest BCUT2D eigenvalue weighted by molar-refractivity contribution is 6.45. The molecular formula is C22H19F2N3O4. The summed E-state index contributed by atoms with van der Waals surface area (Å²) in [6.07, 6.45) is 0. The maximum absolute atomic E-state index is 14.4. The molecule has 2 aromatic rings. The van der Waals surface area contributed by atoms with Crippen LogP contribution in [0.1, 0.15) is 12.5 Å². The van der Waals surface area contributed by atoms with Crippen molar-refractivity contribution in [1.82, 2.24) is 4.90 Å². The minimum atomic E-state index is -1.01. The van der Waals surface area contributed by atoms with Crippen LogP contribution in [0.3, 0.4) is 0 Å². The van der Waals surface area contributed by atoms with Crippen LogP contribution in [-0.4, -0.2) is 48.9 Å². The summed E-state index contributed by atoms with van der Waals surface area (Å²) in [7, 11) is 0. The summed E-state index contributed by atoms with van der Waals surface area (Å²) >= 11 is 0. The van der Waals surface area contributed by atoms with Gasteiger partial charge in [0, 0.05) is 31.8 Å². The van der Waals surface area contributed by atoms with Gasteiger partial charge in [-0.15, -0.1) is 0 Å². The number of rotatable bonds is 4. The van der Waals surface area contributed by atoms with Gasteiger partial charge in [-0.3, -0.25) is 14.4 Å². The molecule has 0 radical (unpaired) electrons. The highest BCUT2D eigenvalue weighted by atomic mass is 19.1. The molecule has 0 bridgehead atoms. The molecule has 7 nitrogen and oxygen atoms in total. The second-order valence-corrected chi connectivity index (χ2v) is 7.12. The number of carbonyl (C=O) groups excluding carboxylic acids is 3. The number of nitrogens with zero attached hydrogens (tertiary/aromatic N) is 2. The van der Waals surface area contributed by atoms with Crippen molar-refractivity contribution in [3.8, 4) is 0 Å². The molecule has 0 aromatic heterocycles. The Balaban J connectivity index is 1.79. The normalized spacial score (nSPS) is 16.9. The van der Waals surface area contributed by atoms with Gasteiger partial charge in [0.05, 0.1) is 24.5 Å². The van der Waals surface area contributed by atoms with Crippen molar-refractivity contribution in [2.45, 2.75) is 6.92 Å². The van der Waals surface area contributed by atoms with Gasteiger partial charge in [0.2, 0.25) is 5.91 Å². The van der Waals surface area contributed by atoms with Crippen molar-refractivity contribution in [2.24, 2.45) is 0 Å².